The largest absolute Gasteiger partial charge is 0.362 e. The fourth-order valence-corrected chi connectivity index (χ4v) is 4.23. The normalized spacial score (nSPS) is 16.1. The molecule has 1 atom stereocenters. The summed E-state index contributed by atoms with van der Waals surface area (Å²) in [5, 5.41) is 13.3. The number of aryl methyl sites for hydroxylation is 1. The van der Waals surface area contributed by atoms with Crippen molar-refractivity contribution in [3.05, 3.63) is 64.5 Å². The summed E-state index contributed by atoms with van der Waals surface area (Å²) in [5.74, 6) is 0.460. The van der Waals surface area contributed by atoms with Crippen molar-refractivity contribution < 1.29 is 4.39 Å². The van der Waals surface area contributed by atoms with Crippen molar-refractivity contribution in [3.8, 4) is 16.6 Å². The van der Waals surface area contributed by atoms with Gasteiger partial charge in [0, 0.05) is 5.56 Å². The summed E-state index contributed by atoms with van der Waals surface area (Å²) in [6.45, 7) is 0. The third-order valence-electron chi connectivity index (χ3n) is 4.23. The molecular formula is C19H15FN4S. The molecule has 25 heavy (non-hydrogen) atoms. The Morgan fingerprint density at radius 3 is 2.80 bits per heavy atom. The number of aromatic nitrogens is 2. The van der Waals surface area contributed by atoms with Gasteiger partial charge in [-0.25, -0.2) is 14.4 Å². The molecule has 1 aliphatic carbocycles. The second-order valence-corrected chi connectivity index (χ2v) is 6.98. The zero-order valence-corrected chi connectivity index (χ0v) is 14.2. The maximum Gasteiger partial charge on any atom is 0.142 e. The van der Waals surface area contributed by atoms with E-state index in [1.807, 2.05) is 12.1 Å². The van der Waals surface area contributed by atoms with E-state index in [4.69, 9.17) is 10.2 Å². The number of benzene rings is 1. The maximum absolute atomic E-state index is 13.1. The molecule has 1 aliphatic rings. The lowest BCUT2D eigenvalue weighted by molar-refractivity contribution is 0.600. The number of rotatable bonds is 3. The number of pyridine rings is 1. The van der Waals surface area contributed by atoms with Crippen LogP contribution in [0.2, 0.25) is 0 Å². The molecule has 0 aliphatic heterocycles. The smallest absolute Gasteiger partial charge is 0.142 e. The molecule has 2 heterocycles. The Bertz CT molecular complexity index is 943. The summed E-state index contributed by atoms with van der Waals surface area (Å²) < 4.78 is 13.1. The molecule has 0 saturated carbocycles. The average molecular weight is 350 g/mol. The molecule has 1 N–H and O–H groups in total. The van der Waals surface area contributed by atoms with E-state index in [9.17, 15) is 4.39 Å². The number of halogens is 1. The minimum absolute atomic E-state index is 0.136. The number of nitriles is 1. The average Bonchev–Trinajstić information content (AvgIpc) is 3.08. The van der Waals surface area contributed by atoms with Crippen molar-refractivity contribution >= 4 is 17.2 Å². The van der Waals surface area contributed by atoms with Crippen LogP contribution in [0.1, 0.15) is 35.1 Å². The minimum atomic E-state index is -0.243. The Morgan fingerprint density at radius 2 is 2.00 bits per heavy atom. The van der Waals surface area contributed by atoms with Crippen LogP contribution in [0.15, 0.2) is 42.5 Å². The Balaban J connectivity index is 1.63. The molecule has 2 aromatic heterocycles. The molecule has 0 spiro atoms. The number of hydrogen-bond acceptors (Lipinski definition) is 5. The first kappa shape index (κ1) is 15.7. The zero-order chi connectivity index (χ0) is 17.2. The first-order valence-corrected chi connectivity index (χ1v) is 8.94. The molecule has 0 amide bonds. The summed E-state index contributed by atoms with van der Waals surface area (Å²) in [6, 6.07) is 14.0. The van der Waals surface area contributed by atoms with Crippen LogP contribution in [0.5, 0.6) is 0 Å². The monoisotopic (exact) mass is 350 g/mol. The summed E-state index contributed by atoms with van der Waals surface area (Å²) in [7, 11) is 0. The van der Waals surface area contributed by atoms with Gasteiger partial charge in [-0.05, 0) is 55.7 Å². The molecule has 0 bridgehead atoms. The van der Waals surface area contributed by atoms with Gasteiger partial charge in [0.25, 0.3) is 0 Å². The van der Waals surface area contributed by atoms with E-state index in [0.717, 1.165) is 35.5 Å². The number of anilines is 1. The fourth-order valence-electron chi connectivity index (χ4n) is 3.03. The summed E-state index contributed by atoms with van der Waals surface area (Å²) in [5.41, 5.74) is 2.44. The minimum Gasteiger partial charge on any atom is -0.362 e. The van der Waals surface area contributed by atoms with Gasteiger partial charge in [0.2, 0.25) is 0 Å². The number of nitrogens with zero attached hydrogens (tertiary/aromatic N) is 3. The molecule has 1 aromatic carbocycles. The topological polar surface area (TPSA) is 61.6 Å². The Labute approximate surface area is 149 Å². The van der Waals surface area contributed by atoms with E-state index >= 15 is 0 Å². The lowest BCUT2D eigenvalue weighted by Crippen LogP contribution is -2.16. The molecule has 1 unspecified atom stereocenters. The Morgan fingerprint density at radius 1 is 1.16 bits per heavy atom. The van der Waals surface area contributed by atoms with E-state index in [-0.39, 0.29) is 11.9 Å². The van der Waals surface area contributed by atoms with Gasteiger partial charge >= 0.3 is 0 Å². The summed E-state index contributed by atoms with van der Waals surface area (Å²) >= 11 is 1.64. The lowest BCUT2D eigenvalue weighted by Gasteiger charge is -2.22. The molecule has 6 heteroatoms. The number of nitrogens with one attached hydrogen (secondary N) is 1. The second kappa shape index (κ2) is 6.61. The highest BCUT2D eigenvalue weighted by Crippen LogP contribution is 2.39. The Kier molecular flexibility index (Phi) is 4.16. The molecule has 4 rings (SSSR count). The molecule has 0 fully saturated rings. The number of thiazole rings is 1. The summed E-state index contributed by atoms with van der Waals surface area (Å²) in [4.78, 5) is 10.3. The number of hydrogen-bond donors (Lipinski definition) is 1. The fraction of sp³-hybridized carbons (Fsp3) is 0.211. The van der Waals surface area contributed by atoms with Gasteiger partial charge in [-0.3, -0.25) is 0 Å². The van der Waals surface area contributed by atoms with Crippen molar-refractivity contribution in [2.24, 2.45) is 0 Å². The highest BCUT2D eigenvalue weighted by Gasteiger charge is 2.25. The predicted octanol–water partition coefficient (Wildman–Crippen LogP) is 4.71. The van der Waals surface area contributed by atoms with Crippen molar-refractivity contribution in [2.75, 3.05) is 5.32 Å². The Hall–Kier alpha value is -2.78. The maximum atomic E-state index is 13.1. The van der Waals surface area contributed by atoms with Gasteiger partial charge < -0.3 is 5.32 Å². The van der Waals surface area contributed by atoms with Gasteiger partial charge in [0.05, 0.1) is 16.6 Å². The highest BCUT2D eigenvalue weighted by atomic mass is 32.1. The standard InChI is InChI=1S/C19H15FN4S/c20-13-9-7-12(8-10-13)19-24-16-5-2-4-15(18(16)25-19)23-17-6-1-3-14(11-21)22-17/h1,3,6-10,15H,2,4-5H2,(H,22,23). The van der Waals surface area contributed by atoms with Crippen molar-refractivity contribution in [2.45, 2.75) is 25.3 Å². The molecule has 4 nitrogen and oxygen atoms in total. The van der Waals surface area contributed by atoms with E-state index in [1.165, 1.54) is 17.0 Å². The molecule has 124 valence electrons. The van der Waals surface area contributed by atoms with Crippen LogP contribution in [0, 0.1) is 17.1 Å². The quantitative estimate of drug-likeness (QED) is 0.743. The van der Waals surface area contributed by atoms with Crippen LogP contribution in [0.4, 0.5) is 10.2 Å². The third kappa shape index (κ3) is 3.24. The van der Waals surface area contributed by atoms with Crippen LogP contribution in [0.25, 0.3) is 10.6 Å². The van der Waals surface area contributed by atoms with Crippen LogP contribution in [-0.2, 0) is 6.42 Å². The van der Waals surface area contributed by atoms with Gasteiger partial charge in [0.15, 0.2) is 0 Å². The lowest BCUT2D eigenvalue weighted by atomic mass is 9.98. The van der Waals surface area contributed by atoms with Crippen LogP contribution < -0.4 is 5.32 Å². The van der Waals surface area contributed by atoms with Crippen molar-refractivity contribution in [1.82, 2.24) is 9.97 Å². The molecule has 3 aromatic rings. The van der Waals surface area contributed by atoms with Gasteiger partial charge in [-0.1, -0.05) is 6.07 Å². The van der Waals surface area contributed by atoms with Crippen LogP contribution >= 0.6 is 11.3 Å². The van der Waals surface area contributed by atoms with E-state index in [1.54, 1.807) is 29.5 Å². The summed E-state index contributed by atoms with van der Waals surface area (Å²) in [6.07, 6.45) is 3.00. The molecular weight excluding hydrogens is 335 g/mol. The van der Waals surface area contributed by atoms with Crippen molar-refractivity contribution in [1.29, 1.82) is 5.26 Å². The van der Waals surface area contributed by atoms with Crippen LogP contribution in [-0.4, -0.2) is 9.97 Å². The van der Waals surface area contributed by atoms with Gasteiger partial charge in [0.1, 0.15) is 28.4 Å². The second-order valence-electron chi connectivity index (χ2n) is 5.95. The zero-order valence-electron chi connectivity index (χ0n) is 13.4. The van der Waals surface area contributed by atoms with Gasteiger partial charge in [-0.2, -0.15) is 5.26 Å². The highest BCUT2D eigenvalue weighted by molar-refractivity contribution is 7.15. The molecule has 0 radical (unpaired) electrons. The SMILES string of the molecule is N#Cc1cccc(NC2CCCc3nc(-c4ccc(F)cc4)sc32)n1. The van der Waals surface area contributed by atoms with E-state index in [0.29, 0.717) is 11.5 Å². The first-order valence-electron chi connectivity index (χ1n) is 8.12. The van der Waals surface area contributed by atoms with E-state index in [2.05, 4.69) is 16.4 Å². The van der Waals surface area contributed by atoms with Crippen LogP contribution in [0.3, 0.4) is 0 Å². The number of fused-ring (bicyclic) bond motifs is 1. The molecule has 0 saturated heterocycles. The predicted molar refractivity (Wildman–Crippen MR) is 95.8 cm³/mol. The van der Waals surface area contributed by atoms with E-state index < -0.39 is 0 Å². The third-order valence-corrected chi connectivity index (χ3v) is 5.49. The van der Waals surface area contributed by atoms with Crippen molar-refractivity contribution in [3.63, 3.8) is 0 Å². The first-order chi connectivity index (χ1) is 12.2. The van der Waals surface area contributed by atoms with Gasteiger partial charge in [-0.15, -0.1) is 11.3 Å².